The van der Waals surface area contributed by atoms with Crippen molar-refractivity contribution in [2.75, 3.05) is 6.61 Å². The van der Waals surface area contributed by atoms with E-state index < -0.39 is 5.97 Å². The molecular formula is C17H32O3. The summed E-state index contributed by atoms with van der Waals surface area (Å²) in [6, 6.07) is 0. The molecule has 0 aliphatic heterocycles. The molecule has 0 aliphatic carbocycles. The Hall–Kier alpha value is -0.830. The quantitative estimate of drug-likeness (QED) is 0.339. The molecular weight excluding hydrogens is 252 g/mol. The average Bonchev–Trinajstić information content (AvgIpc) is 2.43. The molecule has 0 aliphatic rings. The van der Waals surface area contributed by atoms with E-state index in [0.717, 1.165) is 19.3 Å². The molecule has 0 unspecified atom stereocenters. The fourth-order valence-corrected chi connectivity index (χ4v) is 2.33. The van der Waals surface area contributed by atoms with Crippen LogP contribution in [-0.2, 0) is 4.79 Å². The van der Waals surface area contributed by atoms with Crippen molar-refractivity contribution in [1.82, 2.24) is 0 Å². The van der Waals surface area contributed by atoms with Crippen LogP contribution in [0.25, 0.3) is 0 Å². The zero-order chi connectivity index (χ0) is 14.9. The second kappa shape index (κ2) is 16.2. The Labute approximate surface area is 124 Å². The summed E-state index contributed by atoms with van der Waals surface area (Å²) in [6.07, 6.45) is 18.9. The first kappa shape index (κ1) is 19.2. The minimum absolute atomic E-state index is 0.339. The predicted octanol–water partition coefficient (Wildman–Crippen LogP) is 4.69. The fourth-order valence-electron chi connectivity index (χ4n) is 2.33. The second-order valence-electron chi connectivity index (χ2n) is 5.50. The van der Waals surface area contributed by atoms with Crippen molar-refractivity contribution in [1.29, 1.82) is 0 Å². The van der Waals surface area contributed by atoms with Crippen LogP contribution >= 0.6 is 0 Å². The number of aliphatic hydroxyl groups is 1. The maximum atomic E-state index is 10.2. The molecule has 2 N–H and O–H groups in total. The molecule has 0 amide bonds. The molecule has 0 aromatic heterocycles. The Kier molecular flexibility index (Phi) is 15.6. The van der Waals surface area contributed by atoms with Gasteiger partial charge in [-0.2, -0.15) is 0 Å². The highest BCUT2D eigenvalue weighted by molar-refractivity contribution is 5.79. The fraction of sp³-hybridized carbons (Fsp3) is 0.824. The lowest BCUT2D eigenvalue weighted by molar-refractivity contribution is -0.131. The van der Waals surface area contributed by atoms with Crippen molar-refractivity contribution in [3.8, 4) is 0 Å². The smallest absolute Gasteiger partial charge is 0.327 e. The first-order valence-corrected chi connectivity index (χ1v) is 8.27. The number of hydrogen-bond acceptors (Lipinski definition) is 2. The third kappa shape index (κ3) is 17.2. The summed E-state index contributed by atoms with van der Waals surface area (Å²) >= 11 is 0. The highest BCUT2D eigenvalue weighted by Crippen LogP contribution is 2.12. The van der Waals surface area contributed by atoms with E-state index in [9.17, 15) is 4.79 Å². The van der Waals surface area contributed by atoms with Gasteiger partial charge in [-0.1, -0.05) is 70.3 Å². The molecule has 0 saturated heterocycles. The van der Waals surface area contributed by atoms with E-state index in [-0.39, 0.29) is 0 Å². The summed E-state index contributed by atoms with van der Waals surface area (Å²) in [7, 11) is 0. The normalized spacial score (nSPS) is 11.2. The van der Waals surface area contributed by atoms with Gasteiger partial charge in [0.15, 0.2) is 0 Å². The minimum atomic E-state index is -0.846. The molecule has 0 atom stereocenters. The molecule has 0 radical (unpaired) electrons. The van der Waals surface area contributed by atoms with Crippen LogP contribution in [0.5, 0.6) is 0 Å². The molecule has 0 spiro atoms. The first-order valence-electron chi connectivity index (χ1n) is 8.27. The van der Waals surface area contributed by atoms with Crippen molar-refractivity contribution < 1.29 is 15.0 Å². The van der Waals surface area contributed by atoms with Crippen LogP contribution in [0.4, 0.5) is 0 Å². The van der Waals surface area contributed by atoms with Crippen molar-refractivity contribution in [3.63, 3.8) is 0 Å². The first-order chi connectivity index (χ1) is 9.77. The number of carbonyl (C=O) groups is 1. The molecule has 20 heavy (non-hydrogen) atoms. The standard InChI is InChI=1S/C17H32O3/c18-16-14-12-10-8-6-4-2-1-3-5-7-9-11-13-15-17(19)20/h13,15,18H,1-12,14,16H2,(H,19,20)/b15-13+. The lowest BCUT2D eigenvalue weighted by Gasteiger charge is -2.02. The van der Waals surface area contributed by atoms with Gasteiger partial charge in [0.1, 0.15) is 0 Å². The lowest BCUT2D eigenvalue weighted by atomic mass is 10.0. The summed E-state index contributed by atoms with van der Waals surface area (Å²) in [5, 5.41) is 17.1. The highest BCUT2D eigenvalue weighted by atomic mass is 16.4. The van der Waals surface area contributed by atoms with Crippen molar-refractivity contribution in [2.24, 2.45) is 0 Å². The summed E-state index contributed by atoms with van der Waals surface area (Å²) < 4.78 is 0. The lowest BCUT2D eigenvalue weighted by Crippen LogP contribution is -1.86. The molecule has 0 bridgehead atoms. The Morgan fingerprint density at radius 1 is 0.700 bits per heavy atom. The number of carboxylic acids is 1. The number of unbranched alkanes of at least 4 members (excludes halogenated alkanes) is 12. The Morgan fingerprint density at radius 2 is 1.10 bits per heavy atom. The zero-order valence-electron chi connectivity index (χ0n) is 12.9. The topological polar surface area (TPSA) is 57.5 Å². The van der Waals surface area contributed by atoms with Crippen LogP contribution < -0.4 is 0 Å². The maximum absolute atomic E-state index is 10.2. The van der Waals surface area contributed by atoms with Gasteiger partial charge in [0.2, 0.25) is 0 Å². The summed E-state index contributed by atoms with van der Waals surface area (Å²) in [5.74, 6) is -0.846. The molecule has 0 aromatic carbocycles. The third-order valence-corrected chi connectivity index (χ3v) is 3.54. The van der Waals surface area contributed by atoms with Crippen molar-refractivity contribution >= 4 is 5.97 Å². The Balaban J connectivity index is 3.01. The third-order valence-electron chi connectivity index (χ3n) is 3.54. The molecule has 0 rings (SSSR count). The van der Waals surface area contributed by atoms with E-state index in [1.54, 1.807) is 6.08 Å². The van der Waals surface area contributed by atoms with Crippen molar-refractivity contribution in [2.45, 2.75) is 83.5 Å². The molecule has 0 fully saturated rings. The van der Waals surface area contributed by atoms with Crippen molar-refractivity contribution in [3.05, 3.63) is 12.2 Å². The van der Waals surface area contributed by atoms with Gasteiger partial charge < -0.3 is 10.2 Å². The van der Waals surface area contributed by atoms with Gasteiger partial charge in [0, 0.05) is 12.7 Å². The molecule has 3 nitrogen and oxygen atoms in total. The molecule has 0 heterocycles. The van der Waals surface area contributed by atoms with Crippen LogP contribution in [0.1, 0.15) is 83.5 Å². The number of allylic oxidation sites excluding steroid dienone is 1. The predicted molar refractivity (Wildman–Crippen MR) is 83.9 cm³/mol. The Morgan fingerprint density at radius 3 is 1.50 bits per heavy atom. The molecule has 0 aromatic rings. The van der Waals surface area contributed by atoms with E-state index in [4.69, 9.17) is 10.2 Å². The minimum Gasteiger partial charge on any atom is -0.478 e. The highest BCUT2D eigenvalue weighted by Gasteiger charge is 1.93. The van der Waals surface area contributed by atoms with Gasteiger partial charge >= 0.3 is 5.97 Å². The molecule has 3 heteroatoms. The van der Waals surface area contributed by atoms with Crippen LogP contribution in [-0.4, -0.2) is 22.8 Å². The number of carboxylic acid groups (broad SMARTS) is 1. The van der Waals surface area contributed by atoms with Gasteiger partial charge in [-0.05, 0) is 19.3 Å². The van der Waals surface area contributed by atoms with Crippen LogP contribution in [0.15, 0.2) is 12.2 Å². The van der Waals surface area contributed by atoms with Gasteiger partial charge in [-0.3, -0.25) is 0 Å². The van der Waals surface area contributed by atoms with E-state index in [2.05, 4.69) is 0 Å². The SMILES string of the molecule is O=C(O)/C=C/CCCCCCCCCCCCCCO. The maximum Gasteiger partial charge on any atom is 0.327 e. The largest absolute Gasteiger partial charge is 0.478 e. The summed E-state index contributed by atoms with van der Waals surface area (Å²) in [4.78, 5) is 10.2. The van der Waals surface area contributed by atoms with Gasteiger partial charge in [0.05, 0.1) is 0 Å². The number of rotatable bonds is 15. The number of aliphatic carboxylic acids is 1. The zero-order valence-corrected chi connectivity index (χ0v) is 12.9. The summed E-state index contributed by atoms with van der Waals surface area (Å²) in [5.41, 5.74) is 0. The number of aliphatic hydroxyl groups excluding tert-OH is 1. The van der Waals surface area contributed by atoms with Crippen LogP contribution in [0.2, 0.25) is 0 Å². The van der Waals surface area contributed by atoms with Crippen LogP contribution in [0, 0.1) is 0 Å². The van der Waals surface area contributed by atoms with Gasteiger partial charge in [-0.15, -0.1) is 0 Å². The second-order valence-corrected chi connectivity index (χ2v) is 5.50. The van der Waals surface area contributed by atoms with Gasteiger partial charge in [0.25, 0.3) is 0 Å². The van der Waals surface area contributed by atoms with E-state index >= 15 is 0 Å². The van der Waals surface area contributed by atoms with Gasteiger partial charge in [-0.25, -0.2) is 4.79 Å². The average molecular weight is 284 g/mol. The van der Waals surface area contributed by atoms with Crippen LogP contribution in [0.3, 0.4) is 0 Å². The van der Waals surface area contributed by atoms with E-state index in [1.165, 1.54) is 70.3 Å². The summed E-state index contributed by atoms with van der Waals surface area (Å²) in [6.45, 7) is 0.339. The van der Waals surface area contributed by atoms with E-state index in [0.29, 0.717) is 6.61 Å². The van der Waals surface area contributed by atoms with E-state index in [1.807, 2.05) is 0 Å². The number of hydrogen-bond donors (Lipinski definition) is 2. The monoisotopic (exact) mass is 284 g/mol. The molecule has 0 saturated carbocycles. The Bertz CT molecular complexity index is 236. The molecule has 118 valence electrons.